The maximum atomic E-state index is 4.85. The lowest BCUT2D eigenvalue weighted by molar-refractivity contribution is 1.33. The number of H-pyrrole nitrogens is 1. The van der Waals surface area contributed by atoms with Crippen LogP contribution in [0.4, 0.5) is 0 Å². The molecule has 238 valence electrons. The first-order valence-corrected chi connectivity index (χ1v) is 17.3. The van der Waals surface area contributed by atoms with Crippen molar-refractivity contribution in [2.24, 2.45) is 0 Å². The molecule has 3 nitrogen and oxygen atoms in total. The Labute approximate surface area is 295 Å². The van der Waals surface area contributed by atoms with Crippen LogP contribution in [0, 0.1) is 0 Å². The Morgan fingerprint density at radius 3 is 1.45 bits per heavy atom. The van der Waals surface area contributed by atoms with E-state index in [1.54, 1.807) is 0 Å². The number of fused-ring (bicyclic) bond motifs is 5. The van der Waals surface area contributed by atoms with Gasteiger partial charge in [0.05, 0.1) is 22.4 Å². The predicted octanol–water partition coefficient (Wildman–Crippen LogP) is 12.8. The largest absolute Gasteiger partial charge is 0.353 e. The van der Waals surface area contributed by atoms with Gasteiger partial charge in [0.25, 0.3) is 0 Å². The van der Waals surface area contributed by atoms with Crippen LogP contribution in [0.5, 0.6) is 0 Å². The third-order valence-corrected chi connectivity index (χ3v) is 10.1. The summed E-state index contributed by atoms with van der Waals surface area (Å²) in [4.78, 5) is 13.4. The van der Waals surface area contributed by atoms with Crippen LogP contribution >= 0.6 is 0 Å². The first-order chi connectivity index (χ1) is 25.2. The number of hydrogen-bond acceptors (Lipinski definition) is 2. The second-order valence-electron chi connectivity index (χ2n) is 13.2. The van der Waals surface area contributed by atoms with Crippen LogP contribution < -0.4 is 0 Å². The zero-order chi connectivity index (χ0) is 33.7. The fourth-order valence-electron chi connectivity index (χ4n) is 7.51. The van der Waals surface area contributed by atoms with Crippen LogP contribution in [0.15, 0.2) is 182 Å². The lowest BCUT2D eigenvalue weighted by Gasteiger charge is -2.11. The van der Waals surface area contributed by atoms with Crippen LogP contribution in [0.3, 0.4) is 0 Å². The summed E-state index contributed by atoms with van der Waals surface area (Å²) in [5.41, 5.74) is 13.2. The van der Waals surface area contributed by atoms with E-state index < -0.39 is 0 Å². The molecule has 0 unspecified atom stereocenters. The van der Waals surface area contributed by atoms with Crippen molar-refractivity contribution in [1.82, 2.24) is 15.0 Å². The highest BCUT2D eigenvalue weighted by molar-refractivity contribution is 6.18. The SMILES string of the molecule is c1ccc(-c2cccc(-c3cc(-c4ccc5ccccc5c4)cc4c3[nH]c3c(-c5ccccn5)cc(-c5ccc6ccccc6c5)cc34)c2)nc1. The minimum atomic E-state index is 0.935. The summed E-state index contributed by atoms with van der Waals surface area (Å²) < 4.78 is 0. The Bertz CT molecular complexity index is 2910. The van der Waals surface area contributed by atoms with Crippen molar-refractivity contribution in [2.75, 3.05) is 0 Å². The smallest absolute Gasteiger partial charge is 0.0723 e. The molecule has 3 aromatic heterocycles. The molecule has 0 bridgehead atoms. The molecule has 0 aliphatic carbocycles. The van der Waals surface area contributed by atoms with Gasteiger partial charge in [-0.3, -0.25) is 9.97 Å². The summed E-state index contributed by atoms with van der Waals surface area (Å²) in [6.45, 7) is 0. The molecule has 0 radical (unpaired) electrons. The van der Waals surface area contributed by atoms with Crippen molar-refractivity contribution >= 4 is 43.4 Å². The molecular weight excluding hydrogens is 619 g/mol. The molecule has 0 amide bonds. The van der Waals surface area contributed by atoms with Gasteiger partial charge in [0.1, 0.15) is 0 Å². The summed E-state index contributed by atoms with van der Waals surface area (Å²) in [7, 11) is 0. The van der Waals surface area contributed by atoms with Gasteiger partial charge in [0, 0.05) is 39.9 Å². The van der Waals surface area contributed by atoms with Gasteiger partial charge < -0.3 is 4.98 Å². The van der Waals surface area contributed by atoms with E-state index in [-0.39, 0.29) is 0 Å². The average Bonchev–Trinajstić information content (AvgIpc) is 3.59. The van der Waals surface area contributed by atoms with E-state index in [2.05, 4.69) is 162 Å². The fourth-order valence-corrected chi connectivity index (χ4v) is 7.51. The van der Waals surface area contributed by atoms with E-state index in [0.717, 1.165) is 50.2 Å². The minimum Gasteiger partial charge on any atom is -0.353 e. The summed E-state index contributed by atoms with van der Waals surface area (Å²) in [5, 5.41) is 7.26. The number of hydrogen-bond donors (Lipinski definition) is 1. The molecule has 7 aromatic carbocycles. The monoisotopic (exact) mass is 649 g/mol. The molecule has 10 rings (SSSR count). The average molecular weight is 650 g/mol. The number of aromatic nitrogens is 3. The summed E-state index contributed by atoms with van der Waals surface area (Å²) in [6, 6.07) is 60.9. The molecular formula is C48H31N3. The van der Waals surface area contributed by atoms with Crippen molar-refractivity contribution in [3.63, 3.8) is 0 Å². The van der Waals surface area contributed by atoms with Gasteiger partial charge in [0.15, 0.2) is 0 Å². The molecule has 3 heteroatoms. The van der Waals surface area contributed by atoms with E-state index in [0.29, 0.717) is 0 Å². The maximum absolute atomic E-state index is 4.85. The van der Waals surface area contributed by atoms with E-state index in [4.69, 9.17) is 4.98 Å². The van der Waals surface area contributed by atoms with E-state index in [9.17, 15) is 0 Å². The molecule has 3 heterocycles. The van der Waals surface area contributed by atoms with Crippen LogP contribution in [-0.4, -0.2) is 15.0 Å². The van der Waals surface area contributed by atoms with Gasteiger partial charge in [-0.2, -0.15) is 0 Å². The minimum absolute atomic E-state index is 0.935. The van der Waals surface area contributed by atoms with Crippen LogP contribution in [0.2, 0.25) is 0 Å². The van der Waals surface area contributed by atoms with Crippen molar-refractivity contribution in [3.8, 4) is 55.9 Å². The molecule has 0 spiro atoms. The summed E-state index contributed by atoms with van der Waals surface area (Å²) >= 11 is 0. The highest BCUT2D eigenvalue weighted by Gasteiger charge is 2.19. The normalized spacial score (nSPS) is 11.5. The maximum Gasteiger partial charge on any atom is 0.0723 e. The zero-order valence-electron chi connectivity index (χ0n) is 27.7. The number of nitrogens with zero attached hydrogens (tertiary/aromatic N) is 2. The highest BCUT2D eigenvalue weighted by atomic mass is 14.7. The number of benzene rings is 7. The van der Waals surface area contributed by atoms with Gasteiger partial charge in [-0.15, -0.1) is 0 Å². The number of aromatic amines is 1. The first-order valence-electron chi connectivity index (χ1n) is 17.3. The summed E-state index contributed by atoms with van der Waals surface area (Å²) in [6.07, 6.45) is 3.73. The van der Waals surface area contributed by atoms with Gasteiger partial charge >= 0.3 is 0 Å². The number of pyridine rings is 2. The lowest BCUT2D eigenvalue weighted by atomic mass is 9.92. The van der Waals surface area contributed by atoms with E-state index in [1.807, 2.05) is 30.6 Å². The molecule has 0 aliphatic rings. The molecule has 51 heavy (non-hydrogen) atoms. The van der Waals surface area contributed by atoms with E-state index in [1.165, 1.54) is 49.0 Å². The van der Waals surface area contributed by atoms with Crippen LogP contribution in [0.1, 0.15) is 0 Å². The van der Waals surface area contributed by atoms with Gasteiger partial charge in [-0.25, -0.2) is 0 Å². The molecule has 10 aromatic rings. The van der Waals surface area contributed by atoms with Crippen LogP contribution in [0.25, 0.3) is 99.2 Å². The van der Waals surface area contributed by atoms with Gasteiger partial charge in [-0.1, -0.05) is 103 Å². The predicted molar refractivity (Wildman–Crippen MR) is 214 cm³/mol. The summed E-state index contributed by atoms with van der Waals surface area (Å²) in [5.74, 6) is 0. The Kier molecular flexibility index (Phi) is 6.81. The Morgan fingerprint density at radius 2 is 0.843 bits per heavy atom. The quantitative estimate of drug-likeness (QED) is 0.202. The third-order valence-electron chi connectivity index (χ3n) is 10.1. The molecule has 0 saturated heterocycles. The van der Waals surface area contributed by atoms with Crippen molar-refractivity contribution in [1.29, 1.82) is 0 Å². The lowest BCUT2D eigenvalue weighted by Crippen LogP contribution is -1.87. The number of nitrogens with one attached hydrogen (secondary N) is 1. The molecule has 0 aliphatic heterocycles. The second kappa shape index (κ2) is 11.9. The third kappa shape index (κ3) is 5.15. The van der Waals surface area contributed by atoms with Crippen LogP contribution in [-0.2, 0) is 0 Å². The van der Waals surface area contributed by atoms with Crippen molar-refractivity contribution < 1.29 is 0 Å². The Morgan fingerprint density at radius 1 is 0.314 bits per heavy atom. The molecule has 0 atom stereocenters. The highest BCUT2D eigenvalue weighted by Crippen LogP contribution is 2.43. The van der Waals surface area contributed by atoms with Crippen molar-refractivity contribution in [3.05, 3.63) is 182 Å². The number of rotatable bonds is 5. The zero-order valence-corrected chi connectivity index (χ0v) is 27.7. The topological polar surface area (TPSA) is 41.6 Å². The van der Waals surface area contributed by atoms with E-state index >= 15 is 0 Å². The molecule has 1 N–H and O–H groups in total. The van der Waals surface area contributed by atoms with Gasteiger partial charge in [-0.05, 0) is 116 Å². The Balaban J connectivity index is 1.28. The molecule has 0 saturated carbocycles. The van der Waals surface area contributed by atoms with Gasteiger partial charge in [0.2, 0.25) is 0 Å². The fraction of sp³-hybridized carbons (Fsp3) is 0. The standard InChI is InChI=1S/C48H31N3/c1-3-12-33-24-35(20-18-31(33)10-1)39-27-41(37-14-9-15-38(26-37)45-16-5-7-22-49-45)47-42(28-39)43-29-40(36-21-19-32-11-2-4-13-34(32)25-36)30-44(48(43)51-47)46-17-6-8-23-50-46/h1-30,51H. The molecule has 0 fully saturated rings. The first kappa shape index (κ1) is 29.1. The second-order valence-corrected chi connectivity index (χ2v) is 13.2. The Hall–Kier alpha value is -6.84. The van der Waals surface area contributed by atoms with Crippen molar-refractivity contribution in [2.45, 2.75) is 0 Å².